The van der Waals surface area contributed by atoms with Crippen LogP contribution in [0, 0.1) is 11.8 Å². The van der Waals surface area contributed by atoms with Crippen molar-refractivity contribution in [3.63, 3.8) is 0 Å². The lowest BCUT2D eigenvalue weighted by atomic mass is 9.81. The van der Waals surface area contributed by atoms with Crippen LogP contribution >= 0.6 is 0 Å². The number of carbonyl (C=O) groups is 1. The number of carbonyl (C=O) groups excluding carboxylic acids is 1. The second kappa shape index (κ2) is 9.59. The zero-order valence-corrected chi connectivity index (χ0v) is 14.6. The first kappa shape index (κ1) is 17.8. The highest BCUT2D eigenvalue weighted by atomic mass is 16.5. The summed E-state index contributed by atoms with van der Waals surface area (Å²) in [4.78, 5) is 12.2. The molecule has 23 heavy (non-hydrogen) atoms. The number of rotatable bonds is 8. The molecule has 1 fully saturated rings. The Labute approximate surface area is 140 Å². The molecule has 0 bridgehead atoms. The van der Waals surface area contributed by atoms with E-state index < -0.39 is 0 Å². The van der Waals surface area contributed by atoms with Gasteiger partial charge in [-0.25, -0.2) is 0 Å². The Balaban J connectivity index is 1.75. The molecule has 0 spiro atoms. The van der Waals surface area contributed by atoms with Gasteiger partial charge in [0.1, 0.15) is 11.5 Å². The minimum Gasteiger partial charge on any atom is -0.494 e. The number of benzene rings is 1. The fourth-order valence-electron chi connectivity index (χ4n) is 3.15. The lowest BCUT2D eigenvalue weighted by Crippen LogP contribution is -2.25. The van der Waals surface area contributed by atoms with Crippen LogP contribution in [0.2, 0.25) is 0 Å². The van der Waals surface area contributed by atoms with E-state index in [-0.39, 0.29) is 11.9 Å². The van der Waals surface area contributed by atoms with E-state index in [1.807, 2.05) is 24.3 Å². The zero-order valence-electron chi connectivity index (χ0n) is 14.6. The maximum Gasteiger partial charge on any atom is 0.314 e. The Morgan fingerprint density at radius 1 is 1.00 bits per heavy atom. The highest BCUT2D eigenvalue weighted by Crippen LogP contribution is 2.31. The molecule has 3 nitrogen and oxygen atoms in total. The molecule has 3 heteroatoms. The highest BCUT2D eigenvalue weighted by molar-refractivity contribution is 5.75. The van der Waals surface area contributed by atoms with Crippen LogP contribution in [0.15, 0.2) is 24.3 Å². The molecule has 0 N–H and O–H groups in total. The number of hydrogen-bond donors (Lipinski definition) is 0. The minimum absolute atomic E-state index is 0.0720. The van der Waals surface area contributed by atoms with Crippen LogP contribution in [-0.4, -0.2) is 12.6 Å². The highest BCUT2D eigenvalue weighted by Gasteiger charge is 2.26. The molecule has 0 amide bonds. The van der Waals surface area contributed by atoms with Crippen molar-refractivity contribution in [3.8, 4) is 11.5 Å². The first-order valence-corrected chi connectivity index (χ1v) is 9.17. The van der Waals surface area contributed by atoms with Crippen molar-refractivity contribution in [2.75, 3.05) is 6.61 Å². The van der Waals surface area contributed by atoms with Crippen LogP contribution in [0.4, 0.5) is 0 Å². The molecule has 2 rings (SSSR count). The van der Waals surface area contributed by atoms with Crippen LogP contribution < -0.4 is 9.47 Å². The van der Waals surface area contributed by atoms with Gasteiger partial charge in [0.25, 0.3) is 0 Å². The molecule has 0 unspecified atom stereocenters. The van der Waals surface area contributed by atoms with Crippen molar-refractivity contribution in [2.24, 2.45) is 11.8 Å². The summed E-state index contributed by atoms with van der Waals surface area (Å²) in [6, 6.07) is 7.40. The summed E-state index contributed by atoms with van der Waals surface area (Å²) in [6.07, 6.45) is 8.93. The van der Waals surface area contributed by atoms with Crippen LogP contribution in [0.3, 0.4) is 0 Å². The predicted molar refractivity (Wildman–Crippen MR) is 92.8 cm³/mol. The molecule has 1 saturated carbocycles. The number of ether oxygens (including phenoxy) is 2. The van der Waals surface area contributed by atoms with Crippen LogP contribution in [0.5, 0.6) is 11.5 Å². The van der Waals surface area contributed by atoms with E-state index in [0.29, 0.717) is 5.75 Å². The molecule has 1 aliphatic carbocycles. The summed E-state index contributed by atoms with van der Waals surface area (Å²) in [7, 11) is 0. The Bertz CT molecular complexity index is 458. The van der Waals surface area contributed by atoms with Crippen molar-refractivity contribution in [3.05, 3.63) is 24.3 Å². The molecular formula is C20H30O3. The molecule has 0 heterocycles. The summed E-state index contributed by atoms with van der Waals surface area (Å²) in [5.41, 5.74) is 0. The predicted octanol–water partition coefficient (Wildman–Crippen LogP) is 5.38. The second-order valence-electron chi connectivity index (χ2n) is 6.57. The number of esters is 1. The molecule has 0 atom stereocenters. The van der Waals surface area contributed by atoms with Crippen molar-refractivity contribution in [2.45, 2.75) is 65.2 Å². The summed E-state index contributed by atoms with van der Waals surface area (Å²) < 4.78 is 11.2. The van der Waals surface area contributed by atoms with Gasteiger partial charge in [-0.2, -0.15) is 0 Å². The first-order valence-electron chi connectivity index (χ1n) is 9.17. The van der Waals surface area contributed by atoms with Gasteiger partial charge in [0.05, 0.1) is 12.5 Å². The van der Waals surface area contributed by atoms with Gasteiger partial charge in [-0.05, 0) is 62.3 Å². The van der Waals surface area contributed by atoms with Crippen molar-refractivity contribution >= 4 is 5.97 Å². The lowest BCUT2D eigenvalue weighted by Gasteiger charge is -2.26. The molecule has 0 aromatic heterocycles. The van der Waals surface area contributed by atoms with Gasteiger partial charge in [-0.1, -0.05) is 33.1 Å². The zero-order chi connectivity index (χ0) is 16.5. The van der Waals surface area contributed by atoms with E-state index in [1.54, 1.807) is 0 Å². The Kier molecular flexibility index (Phi) is 7.44. The molecule has 1 aromatic rings. The van der Waals surface area contributed by atoms with E-state index in [9.17, 15) is 4.79 Å². The third-order valence-corrected chi connectivity index (χ3v) is 4.82. The second-order valence-corrected chi connectivity index (χ2v) is 6.57. The topological polar surface area (TPSA) is 35.5 Å². The van der Waals surface area contributed by atoms with Crippen LogP contribution in [0.25, 0.3) is 0 Å². The maximum atomic E-state index is 12.2. The van der Waals surface area contributed by atoms with Gasteiger partial charge < -0.3 is 9.47 Å². The van der Waals surface area contributed by atoms with Crippen molar-refractivity contribution in [1.29, 1.82) is 0 Å². The largest absolute Gasteiger partial charge is 0.494 e. The first-order chi connectivity index (χ1) is 11.2. The van der Waals surface area contributed by atoms with Crippen LogP contribution in [0.1, 0.15) is 65.2 Å². The quantitative estimate of drug-likeness (QED) is 0.367. The summed E-state index contributed by atoms with van der Waals surface area (Å²) in [5.74, 6) is 2.25. The molecule has 1 aromatic carbocycles. The van der Waals surface area contributed by atoms with E-state index in [0.717, 1.165) is 50.4 Å². The number of unbranched alkanes of at least 4 members (excludes halogenated alkanes) is 2. The van der Waals surface area contributed by atoms with Gasteiger partial charge in [0.15, 0.2) is 0 Å². The van der Waals surface area contributed by atoms with Gasteiger partial charge >= 0.3 is 5.97 Å². The Morgan fingerprint density at radius 2 is 1.65 bits per heavy atom. The van der Waals surface area contributed by atoms with Gasteiger partial charge in [-0.3, -0.25) is 4.79 Å². The smallest absolute Gasteiger partial charge is 0.314 e. The van der Waals surface area contributed by atoms with E-state index in [1.165, 1.54) is 19.3 Å². The standard InChI is InChI=1S/C20H30O3/c1-3-5-6-15-22-18-11-13-19(14-12-18)23-20(21)17-9-7-16(4-2)8-10-17/h11-14,16-17H,3-10,15H2,1-2H3. The molecule has 128 valence electrons. The molecule has 1 aliphatic rings. The molecular weight excluding hydrogens is 288 g/mol. The average molecular weight is 318 g/mol. The fraction of sp³-hybridized carbons (Fsp3) is 0.650. The third-order valence-electron chi connectivity index (χ3n) is 4.82. The summed E-state index contributed by atoms with van der Waals surface area (Å²) in [5, 5.41) is 0. The van der Waals surface area contributed by atoms with Gasteiger partial charge in [0.2, 0.25) is 0 Å². The van der Waals surface area contributed by atoms with Crippen molar-refractivity contribution < 1.29 is 14.3 Å². The van der Waals surface area contributed by atoms with E-state index in [4.69, 9.17) is 9.47 Å². The normalized spacial score (nSPS) is 21.0. The average Bonchev–Trinajstić information content (AvgIpc) is 2.60. The number of hydrogen-bond acceptors (Lipinski definition) is 3. The van der Waals surface area contributed by atoms with Crippen LogP contribution in [-0.2, 0) is 4.79 Å². The Morgan fingerprint density at radius 3 is 2.26 bits per heavy atom. The summed E-state index contributed by atoms with van der Waals surface area (Å²) >= 11 is 0. The van der Waals surface area contributed by atoms with E-state index in [2.05, 4.69) is 13.8 Å². The SMILES string of the molecule is CCCCCOc1ccc(OC(=O)C2CCC(CC)CC2)cc1. The maximum absolute atomic E-state index is 12.2. The fourth-order valence-corrected chi connectivity index (χ4v) is 3.15. The molecule has 0 saturated heterocycles. The van der Waals surface area contributed by atoms with Gasteiger partial charge in [-0.15, -0.1) is 0 Å². The van der Waals surface area contributed by atoms with Crippen molar-refractivity contribution in [1.82, 2.24) is 0 Å². The Hall–Kier alpha value is -1.51. The van der Waals surface area contributed by atoms with E-state index >= 15 is 0 Å². The lowest BCUT2D eigenvalue weighted by molar-refractivity contribution is -0.140. The van der Waals surface area contributed by atoms with Gasteiger partial charge in [0, 0.05) is 0 Å². The molecule has 0 aliphatic heterocycles. The molecule has 0 radical (unpaired) electrons. The monoisotopic (exact) mass is 318 g/mol. The summed E-state index contributed by atoms with van der Waals surface area (Å²) in [6.45, 7) is 5.15. The minimum atomic E-state index is -0.0730. The third kappa shape index (κ3) is 5.89.